The van der Waals surface area contributed by atoms with E-state index in [1.165, 1.54) is 0 Å². The highest BCUT2D eigenvalue weighted by molar-refractivity contribution is 6.32. The van der Waals surface area contributed by atoms with Crippen molar-refractivity contribution in [1.29, 1.82) is 0 Å². The molecule has 24 heavy (non-hydrogen) atoms. The maximum atomic E-state index is 12.8. The highest BCUT2D eigenvalue weighted by Crippen LogP contribution is 2.37. The minimum Gasteiger partial charge on any atom is -0.492 e. The lowest BCUT2D eigenvalue weighted by molar-refractivity contribution is -0.126. The van der Waals surface area contributed by atoms with Crippen LogP contribution < -0.4 is 10.1 Å². The molecule has 1 aromatic carbocycles. The molecule has 0 unspecified atom stereocenters. The standard InChI is InChI=1S/C17H19ClN4O2/c1-10-20-21-15-6-5-11(9-22(10)15)17(23)19-14-7-8-24-16-12(14)3-2-4-13(16)18/h2-4,11,14H,5-9H2,1H3,(H,19,23)/t11-,14+/m1/s1. The predicted molar refractivity (Wildman–Crippen MR) is 89.0 cm³/mol. The van der Waals surface area contributed by atoms with Gasteiger partial charge in [-0.25, -0.2) is 0 Å². The summed E-state index contributed by atoms with van der Waals surface area (Å²) in [6, 6.07) is 5.61. The zero-order valence-electron chi connectivity index (χ0n) is 13.5. The summed E-state index contributed by atoms with van der Waals surface area (Å²) in [4.78, 5) is 12.8. The van der Waals surface area contributed by atoms with Crippen molar-refractivity contribution >= 4 is 17.5 Å². The molecule has 2 atom stereocenters. The van der Waals surface area contributed by atoms with Crippen molar-refractivity contribution in [3.8, 4) is 5.75 Å². The smallest absolute Gasteiger partial charge is 0.225 e. The molecule has 0 saturated heterocycles. The molecule has 3 heterocycles. The number of nitrogens with zero attached hydrogens (tertiary/aromatic N) is 3. The van der Waals surface area contributed by atoms with E-state index < -0.39 is 0 Å². The maximum absolute atomic E-state index is 12.8. The van der Waals surface area contributed by atoms with Crippen LogP contribution >= 0.6 is 11.6 Å². The van der Waals surface area contributed by atoms with E-state index in [0.717, 1.165) is 36.5 Å². The summed E-state index contributed by atoms with van der Waals surface area (Å²) < 4.78 is 7.70. The second-order valence-electron chi connectivity index (χ2n) is 6.37. The Kier molecular flexibility index (Phi) is 3.92. The van der Waals surface area contributed by atoms with Gasteiger partial charge in [0, 0.05) is 24.9 Å². The Hall–Kier alpha value is -2.08. The minimum absolute atomic E-state index is 0.0524. The van der Waals surface area contributed by atoms with E-state index in [2.05, 4.69) is 15.5 Å². The van der Waals surface area contributed by atoms with Gasteiger partial charge in [0.2, 0.25) is 5.91 Å². The lowest BCUT2D eigenvalue weighted by Crippen LogP contribution is -2.39. The molecule has 1 amide bonds. The SMILES string of the molecule is Cc1nnc2n1C[C@H](C(=O)N[C@H]1CCOc3c(Cl)cccc31)CC2. The van der Waals surface area contributed by atoms with Crippen LogP contribution in [0.1, 0.15) is 36.1 Å². The summed E-state index contributed by atoms with van der Waals surface area (Å²) in [6.45, 7) is 3.13. The van der Waals surface area contributed by atoms with Crippen LogP contribution in [0, 0.1) is 12.8 Å². The summed E-state index contributed by atoms with van der Waals surface area (Å²) in [7, 11) is 0. The number of hydrogen-bond donors (Lipinski definition) is 1. The highest BCUT2D eigenvalue weighted by Gasteiger charge is 2.30. The molecular formula is C17H19ClN4O2. The number of carbonyl (C=O) groups excluding carboxylic acids is 1. The van der Waals surface area contributed by atoms with E-state index in [0.29, 0.717) is 23.9 Å². The first-order valence-corrected chi connectivity index (χ1v) is 8.61. The largest absolute Gasteiger partial charge is 0.492 e. The van der Waals surface area contributed by atoms with Gasteiger partial charge in [-0.3, -0.25) is 4.79 Å². The normalized spacial score (nSPS) is 22.2. The molecular weight excluding hydrogens is 328 g/mol. The van der Waals surface area contributed by atoms with E-state index in [4.69, 9.17) is 16.3 Å². The van der Waals surface area contributed by atoms with Gasteiger partial charge in [-0.15, -0.1) is 10.2 Å². The topological polar surface area (TPSA) is 69.0 Å². The molecule has 126 valence electrons. The van der Waals surface area contributed by atoms with Crippen LogP contribution in [0.2, 0.25) is 5.02 Å². The van der Waals surface area contributed by atoms with E-state index >= 15 is 0 Å². The predicted octanol–water partition coefficient (Wildman–Crippen LogP) is 2.44. The molecule has 2 aliphatic rings. The molecule has 7 heteroatoms. The first kappa shape index (κ1) is 15.4. The first-order chi connectivity index (χ1) is 11.6. The van der Waals surface area contributed by atoms with E-state index in [-0.39, 0.29) is 17.9 Å². The van der Waals surface area contributed by atoms with Crippen molar-refractivity contribution in [2.75, 3.05) is 6.61 Å². The number of rotatable bonds is 2. The Morgan fingerprint density at radius 2 is 2.25 bits per heavy atom. The average molecular weight is 347 g/mol. The minimum atomic E-state index is -0.0577. The number of halogens is 1. The summed E-state index contributed by atoms with van der Waals surface area (Å²) in [5.74, 6) is 2.55. The maximum Gasteiger partial charge on any atom is 0.225 e. The summed E-state index contributed by atoms with van der Waals surface area (Å²) in [5.41, 5.74) is 0.957. The van der Waals surface area contributed by atoms with E-state index in [1.807, 2.05) is 29.7 Å². The molecule has 2 aromatic rings. The van der Waals surface area contributed by atoms with Crippen molar-refractivity contribution in [3.63, 3.8) is 0 Å². The fourth-order valence-electron chi connectivity index (χ4n) is 3.50. The van der Waals surface area contributed by atoms with Crippen molar-refractivity contribution < 1.29 is 9.53 Å². The molecule has 0 spiro atoms. The lowest BCUT2D eigenvalue weighted by atomic mass is 9.95. The van der Waals surface area contributed by atoms with Crippen LogP contribution in [0.15, 0.2) is 18.2 Å². The fraction of sp³-hybridized carbons (Fsp3) is 0.471. The van der Waals surface area contributed by atoms with Gasteiger partial charge in [0.15, 0.2) is 0 Å². The second-order valence-corrected chi connectivity index (χ2v) is 6.77. The third-order valence-electron chi connectivity index (χ3n) is 4.84. The Bertz CT molecular complexity index is 789. The van der Waals surface area contributed by atoms with E-state index in [1.54, 1.807) is 0 Å². The number of hydrogen-bond acceptors (Lipinski definition) is 4. The highest BCUT2D eigenvalue weighted by atomic mass is 35.5. The van der Waals surface area contributed by atoms with Crippen LogP contribution in [0.3, 0.4) is 0 Å². The monoisotopic (exact) mass is 346 g/mol. The number of carbonyl (C=O) groups is 1. The first-order valence-electron chi connectivity index (χ1n) is 8.23. The van der Waals surface area contributed by atoms with Gasteiger partial charge in [0.25, 0.3) is 0 Å². The van der Waals surface area contributed by atoms with Gasteiger partial charge < -0.3 is 14.6 Å². The summed E-state index contributed by atoms with van der Waals surface area (Å²) in [6.07, 6.45) is 2.34. The number of aromatic nitrogens is 3. The van der Waals surface area contributed by atoms with Crippen molar-refractivity contribution in [1.82, 2.24) is 20.1 Å². The molecule has 0 radical (unpaired) electrons. The molecule has 1 aromatic heterocycles. The van der Waals surface area contributed by atoms with E-state index in [9.17, 15) is 4.79 Å². The number of amides is 1. The number of ether oxygens (including phenoxy) is 1. The van der Waals surface area contributed by atoms with Crippen LogP contribution in [0.4, 0.5) is 0 Å². The zero-order chi connectivity index (χ0) is 16.7. The number of fused-ring (bicyclic) bond motifs is 2. The molecule has 6 nitrogen and oxygen atoms in total. The van der Waals surface area contributed by atoms with Gasteiger partial charge in [-0.2, -0.15) is 0 Å². The number of benzene rings is 1. The van der Waals surface area contributed by atoms with Crippen LogP contribution in [0.25, 0.3) is 0 Å². The van der Waals surface area contributed by atoms with Gasteiger partial charge >= 0.3 is 0 Å². The van der Waals surface area contributed by atoms with Crippen LogP contribution in [-0.4, -0.2) is 27.3 Å². The van der Waals surface area contributed by atoms with Gasteiger partial charge in [-0.1, -0.05) is 23.7 Å². The Morgan fingerprint density at radius 1 is 1.38 bits per heavy atom. The average Bonchev–Trinajstić information content (AvgIpc) is 2.96. The van der Waals surface area contributed by atoms with Gasteiger partial charge in [0.1, 0.15) is 17.4 Å². The molecule has 0 fully saturated rings. The van der Waals surface area contributed by atoms with Crippen molar-refractivity contribution in [2.45, 2.75) is 38.8 Å². The molecule has 0 bridgehead atoms. The Labute approximate surface area is 145 Å². The quantitative estimate of drug-likeness (QED) is 0.906. The van der Waals surface area contributed by atoms with Crippen LogP contribution in [-0.2, 0) is 17.8 Å². The lowest BCUT2D eigenvalue weighted by Gasteiger charge is -2.30. The number of nitrogens with one attached hydrogen (secondary N) is 1. The van der Waals surface area contributed by atoms with Crippen molar-refractivity contribution in [2.24, 2.45) is 5.92 Å². The Balaban J connectivity index is 1.50. The summed E-state index contributed by atoms with van der Waals surface area (Å²) in [5, 5.41) is 12.0. The Morgan fingerprint density at radius 3 is 3.12 bits per heavy atom. The third-order valence-corrected chi connectivity index (χ3v) is 5.14. The number of para-hydroxylation sites is 1. The molecule has 2 aliphatic heterocycles. The molecule has 0 saturated carbocycles. The molecule has 1 N–H and O–H groups in total. The zero-order valence-corrected chi connectivity index (χ0v) is 14.2. The second kappa shape index (κ2) is 6.09. The third kappa shape index (κ3) is 2.65. The van der Waals surface area contributed by atoms with Gasteiger partial charge in [0.05, 0.1) is 23.6 Å². The van der Waals surface area contributed by atoms with Crippen LogP contribution in [0.5, 0.6) is 5.75 Å². The molecule has 4 rings (SSSR count). The number of aryl methyl sites for hydroxylation is 2. The fourth-order valence-corrected chi connectivity index (χ4v) is 3.74. The van der Waals surface area contributed by atoms with Crippen molar-refractivity contribution in [3.05, 3.63) is 40.4 Å². The van der Waals surface area contributed by atoms with Gasteiger partial charge in [-0.05, 0) is 19.4 Å². The summed E-state index contributed by atoms with van der Waals surface area (Å²) >= 11 is 6.20. The molecule has 0 aliphatic carbocycles.